The molecule has 0 fully saturated rings. The molecular formula is C12H11F3N4O2S. The number of aromatic nitrogens is 2. The summed E-state index contributed by atoms with van der Waals surface area (Å²) in [6, 6.07) is 5.12. The van der Waals surface area contributed by atoms with Crippen molar-refractivity contribution in [2.45, 2.75) is 12.9 Å². The second-order valence-electron chi connectivity index (χ2n) is 4.19. The van der Waals surface area contributed by atoms with Crippen LogP contribution in [0, 0.1) is 0 Å². The van der Waals surface area contributed by atoms with E-state index in [9.17, 15) is 18.0 Å². The molecule has 0 unspecified atom stereocenters. The Morgan fingerprint density at radius 1 is 1.41 bits per heavy atom. The Morgan fingerprint density at radius 2 is 2.14 bits per heavy atom. The average molecular weight is 332 g/mol. The van der Waals surface area contributed by atoms with Crippen molar-refractivity contribution in [3.8, 4) is 5.75 Å². The molecule has 0 aliphatic heterocycles. The van der Waals surface area contributed by atoms with E-state index in [1.807, 2.05) is 0 Å². The van der Waals surface area contributed by atoms with Gasteiger partial charge in [-0.15, -0.1) is 23.4 Å². The van der Waals surface area contributed by atoms with Crippen molar-refractivity contribution < 1.29 is 22.7 Å². The van der Waals surface area contributed by atoms with Crippen molar-refractivity contribution >= 4 is 22.5 Å². The minimum atomic E-state index is -4.79. The number of nitrogens with one attached hydrogen (secondary N) is 1. The molecule has 0 bridgehead atoms. The van der Waals surface area contributed by atoms with Crippen molar-refractivity contribution in [2.75, 3.05) is 12.4 Å². The molecule has 0 saturated heterocycles. The van der Waals surface area contributed by atoms with Gasteiger partial charge in [-0.25, -0.2) is 4.79 Å². The third-order valence-electron chi connectivity index (χ3n) is 2.53. The molecule has 0 atom stereocenters. The topological polar surface area (TPSA) is 67.3 Å². The van der Waals surface area contributed by atoms with E-state index >= 15 is 0 Å². The minimum Gasteiger partial charge on any atom is -0.405 e. The number of hydrogen-bond acceptors (Lipinski definition) is 5. The van der Waals surface area contributed by atoms with Crippen LogP contribution >= 0.6 is 11.3 Å². The maximum Gasteiger partial charge on any atom is 0.573 e. The molecule has 0 aliphatic carbocycles. The van der Waals surface area contributed by atoms with Gasteiger partial charge in [0.2, 0.25) is 5.13 Å². The average Bonchev–Trinajstić information content (AvgIpc) is 2.92. The summed E-state index contributed by atoms with van der Waals surface area (Å²) >= 11 is 1.13. The Labute approximate surface area is 127 Å². The van der Waals surface area contributed by atoms with E-state index in [-0.39, 0.29) is 17.9 Å². The normalized spacial score (nSPS) is 11.1. The highest BCUT2D eigenvalue weighted by molar-refractivity contribution is 7.13. The highest BCUT2D eigenvalue weighted by Crippen LogP contribution is 2.27. The predicted octanol–water partition coefficient (Wildman–Crippen LogP) is 3.10. The van der Waals surface area contributed by atoms with E-state index in [1.54, 1.807) is 6.07 Å². The number of hydrogen-bond donors (Lipinski definition) is 1. The van der Waals surface area contributed by atoms with Gasteiger partial charge in [0, 0.05) is 12.6 Å². The van der Waals surface area contributed by atoms with E-state index in [4.69, 9.17) is 0 Å². The summed E-state index contributed by atoms with van der Waals surface area (Å²) in [6.07, 6.45) is -4.79. The monoisotopic (exact) mass is 332 g/mol. The predicted molar refractivity (Wildman–Crippen MR) is 73.5 cm³/mol. The van der Waals surface area contributed by atoms with Gasteiger partial charge >= 0.3 is 12.4 Å². The van der Waals surface area contributed by atoms with E-state index in [0.29, 0.717) is 5.13 Å². The lowest BCUT2D eigenvalue weighted by Crippen LogP contribution is -2.31. The van der Waals surface area contributed by atoms with Crippen LogP contribution in [-0.2, 0) is 6.54 Å². The van der Waals surface area contributed by atoms with Gasteiger partial charge in [0.15, 0.2) is 0 Å². The number of ether oxygens (including phenoxy) is 1. The van der Waals surface area contributed by atoms with Gasteiger partial charge in [-0.2, -0.15) is 0 Å². The largest absolute Gasteiger partial charge is 0.573 e. The van der Waals surface area contributed by atoms with Gasteiger partial charge in [0.25, 0.3) is 0 Å². The molecule has 2 aromatic rings. The van der Waals surface area contributed by atoms with E-state index in [0.717, 1.165) is 11.3 Å². The summed E-state index contributed by atoms with van der Waals surface area (Å²) in [4.78, 5) is 13.1. The maximum absolute atomic E-state index is 12.3. The zero-order chi connectivity index (χ0) is 16.2. The van der Waals surface area contributed by atoms with Crippen molar-refractivity contribution in [1.82, 2.24) is 15.1 Å². The summed E-state index contributed by atoms with van der Waals surface area (Å²) in [5, 5.41) is 9.99. The molecule has 0 spiro atoms. The molecular weight excluding hydrogens is 321 g/mol. The van der Waals surface area contributed by atoms with Crippen LogP contribution in [0.15, 0.2) is 29.8 Å². The van der Waals surface area contributed by atoms with Crippen LogP contribution in [-0.4, -0.2) is 34.5 Å². The standard InChI is InChI=1S/C12H11F3N4O2S/c1-19(11(20)17-10-18-16-7-22-10)6-8-4-2-3-5-9(8)21-12(13,14)15/h2-5,7H,6H2,1H3,(H,17,18,20). The van der Waals surface area contributed by atoms with Gasteiger partial charge in [-0.3, -0.25) is 5.32 Å². The van der Waals surface area contributed by atoms with Crippen LogP contribution < -0.4 is 10.1 Å². The lowest BCUT2D eigenvalue weighted by molar-refractivity contribution is -0.274. The minimum absolute atomic E-state index is 0.0586. The molecule has 1 aromatic carbocycles. The van der Waals surface area contributed by atoms with E-state index in [1.165, 1.54) is 35.7 Å². The summed E-state index contributed by atoms with van der Waals surface area (Å²) in [5.74, 6) is -0.342. The molecule has 6 nitrogen and oxygen atoms in total. The third kappa shape index (κ3) is 4.58. The fraction of sp³-hybridized carbons (Fsp3) is 0.250. The number of amides is 2. The summed E-state index contributed by atoms with van der Waals surface area (Å²) in [5.41, 5.74) is 1.68. The van der Waals surface area contributed by atoms with Crippen molar-refractivity contribution in [3.63, 3.8) is 0 Å². The zero-order valence-corrected chi connectivity index (χ0v) is 12.1. The SMILES string of the molecule is CN(Cc1ccccc1OC(F)(F)F)C(=O)Nc1nncs1. The number of rotatable bonds is 4. The Kier molecular flexibility index (Phi) is 4.81. The quantitative estimate of drug-likeness (QED) is 0.934. The second-order valence-corrected chi connectivity index (χ2v) is 5.02. The van der Waals surface area contributed by atoms with Gasteiger partial charge in [0.1, 0.15) is 11.3 Å². The van der Waals surface area contributed by atoms with Gasteiger partial charge < -0.3 is 9.64 Å². The number of para-hydroxylation sites is 1. The first kappa shape index (κ1) is 16.0. The zero-order valence-electron chi connectivity index (χ0n) is 11.3. The highest BCUT2D eigenvalue weighted by Gasteiger charge is 2.32. The van der Waals surface area contributed by atoms with Crippen LogP contribution in [0.1, 0.15) is 5.56 Å². The number of carbonyl (C=O) groups is 1. The molecule has 22 heavy (non-hydrogen) atoms. The van der Waals surface area contributed by atoms with Gasteiger partial charge in [-0.05, 0) is 6.07 Å². The molecule has 0 saturated carbocycles. The first-order chi connectivity index (χ1) is 10.3. The molecule has 0 radical (unpaired) electrons. The van der Waals surface area contributed by atoms with E-state index in [2.05, 4.69) is 20.3 Å². The van der Waals surface area contributed by atoms with Crippen LogP contribution in [0.3, 0.4) is 0 Å². The maximum atomic E-state index is 12.3. The van der Waals surface area contributed by atoms with Crippen LogP contribution in [0.5, 0.6) is 5.75 Å². The number of carbonyl (C=O) groups excluding carboxylic acids is 1. The molecule has 1 heterocycles. The van der Waals surface area contributed by atoms with E-state index < -0.39 is 12.4 Å². The van der Waals surface area contributed by atoms with Crippen LogP contribution in [0.2, 0.25) is 0 Å². The Bertz CT molecular complexity index is 634. The number of anilines is 1. The lowest BCUT2D eigenvalue weighted by Gasteiger charge is -2.19. The Balaban J connectivity index is 2.05. The molecule has 118 valence electrons. The summed E-state index contributed by atoms with van der Waals surface area (Å²) < 4.78 is 41.0. The van der Waals surface area contributed by atoms with Gasteiger partial charge in [0.05, 0.1) is 6.54 Å². The molecule has 0 aliphatic rings. The number of urea groups is 1. The summed E-state index contributed by atoms with van der Waals surface area (Å²) in [7, 11) is 1.45. The molecule has 1 N–H and O–H groups in total. The fourth-order valence-electron chi connectivity index (χ4n) is 1.60. The highest BCUT2D eigenvalue weighted by atomic mass is 32.1. The van der Waals surface area contributed by atoms with Crippen molar-refractivity contribution in [2.24, 2.45) is 0 Å². The first-order valence-electron chi connectivity index (χ1n) is 5.97. The Morgan fingerprint density at radius 3 is 2.77 bits per heavy atom. The number of alkyl halides is 3. The third-order valence-corrected chi connectivity index (χ3v) is 3.13. The number of nitrogens with zero attached hydrogens (tertiary/aromatic N) is 3. The van der Waals surface area contributed by atoms with Gasteiger partial charge in [-0.1, -0.05) is 29.5 Å². The van der Waals surface area contributed by atoms with Crippen molar-refractivity contribution in [1.29, 1.82) is 0 Å². The second kappa shape index (κ2) is 6.60. The molecule has 2 amide bonds. The van der Waals surface area contributed by atoms with Crippen LogP contribution in [0.4, 0.5) is 23.1 Å². The number of benzene rings is 1. The first-order valence-corrected chi connectivity index (χ1v) is 6.85. The summed E-state index contributed by atoms with van der Waals surface area (Å²) in [6.45, 7) is -0.0586. The number of halogens is 3. The fourth-order valence-corrected chi connectivity index (χ4v) is 2.04. The van der Waals surface area contributed by atoms with Crippen LogP contribution in [0.25, 0.3) is 0 Å². The lowest BCUT2D eigenvalue weighted by atomic mass is 10.2. The molecule has 2 rings (SSSR count). The molecule has 10 heteroatoms. The van der Waals surface area contributed by atoms with Crippen molar-refractivity contribution in [3.05, 3.63) is 35.3 Å². The Hall–Kier alpha value is -2.36. The molecule has 1 aromatic heterocycles. The smallest absolute Gasteiger partial charge is 0.405 e.